The molecular formula is C20H18N2O4S. The molecule has 27 heavy (non-hydrogen) atoms. The van der Waals surface area contributed by atoms with Crippen LogP contribution in [0.2, 0.25) is 0 Å². The highest BCUT2D eigenvalue weighted by molar-refractivity contribution is 7.13. The first-order valence-electron chi connectivity index (χ1n) is 8.23. The Bertz CT molecular complexity index is 940. The van der Waals surface area contributed by atoms with Gasteiger partial charge in [-0.05, 0) is 17.7 Å². The highest BCUT2D eigenvalue weighted by Crippen LogP contribution is 2.27. The van der Waals surface area contributed by atoms with Crippen LogP contribution in [0, 0.1) is 0 Å². The summed E-state index contributed by atoms with van der Waals surface area (Å²) in [6, 6.07) is 15.0. The fourth-order valence-corrected chi connectivity index (χ4v) is 3.40. The van der Waals surface area contributed by atoms with Crippen LogP contribution in [-0.4, -0.2) is 29.1 Å². The number of benzene rings is 2. The van der Waals surface area contributed by atoms with Gasteiger partial charge in [0.15, 0.2) is 6.04 Å². The van der Waals surface area contributed by atoms with Crippen molar-refractivity contribution in [1.82, 2.24) is 10.3 Å². The Balaban J connectivity index is 1.69. The number of hydrogen-bond acceptors (Lipinski definition) is 5. The van der Waals surface area contributed by atoms with Crippen molar-refractivity contribution in [3.63, 3.8) is 0 Å². The maximum absolute atomic E-state index is 12.3. The summed E-state index contributed by atoms with van der Waals surface area (Å²) in [6.45, 7) is 0. The molecule has 6 nitrogen and oxygen atoms in total. The van der Waals surface area contributed by atoms with Crippen molar-refractivity contribution < 1.29 is 19.4 Å². The first-order valence-corrected chi connectivity index (χ1v) is 9.10. The lowest BCUT2D eigenvalue weighted by atomic mass is 10.1. The topological polar surface area (TPSA) is 88.5 Å². The highest BCUT2D eigenvalue weighted by atomic mass is 32.1. The van der Waals surface area contributed by atoms with Crippen molar-refractivity contribution in [1.29, 1.82) is 0 Å². The average Bonchev–Trinajstić information content (AvgIpc) is 3.15. The summed E-state index contributed by atoms with van der Waals surface area (Å²) >= 11 is 1.42. The summed E-state index contributed by atoms with van der Waals surface area (Å²) in [4.78, 5) is 28.3. The van der Waals surface area contributed by atoms with Gasteiger partial charge in [0, 0.05) is 10.9 Å². The van der Waals surface area contributed by atoms with Gasteiger partial charge in [-0.25, -0.2) is 9.78 Å². The molecular weight excluding hydrogens is 364 g/mol. The summed E-state index contributed by atoms with van der Waals surface area (Å²) in [5.41, 5.74) is 2.01. The molecule has 1 atom stereocenters. The van der Waals surface area contributed by atoms with Crippen LogP contribution in [-0.2, 0) is 16.0 Å². The van der Waals surface area contributed by atoms with Crippen LogP contribution < -0.4 is 10.1 Å². The number of carbonyl (C=O) groups excluding carboxylic acids is 1. The van der Waals surface area contributed by atoms with E-state index in [1.165, 1.54) is 11.3 Å². The zero-order valence-corrected chi connectivity index (χ0v) is 15.4. The molecule has 0 unspecified atom stereocenters. The number of ether oxygens (including phenoxy) is 1. The number of aromatic nitrogens is 1. The van der Waals surface area contributed by atoms with Gasteiger partial charge < -0.3 is 15.2 Å². The molecule has 0 radical (unpaired) electrons. The Labute approximate surface area is 160 Å². The smallest absolute Gasteiger partial charge is 0.330 e. The monoisotopic (exact) mass is 382 g/mol. The van der Waals surface area contributed by atoms with Gasteiger partial charge in [-0.3, -0.25) is 4.79 Å². The van der Waals surface area contributed by atoms with Crippen LogP contribution in [0.4, 0.5) is 0 Å². The van der Waals surface area contributed by atoms with Gasteiger partial charge >= 0.3 is 5.97 Å². The molecule has 3 rings (SSSR count). The molecule has 0 aliphatic carbocycles. The SMILES string of the molecule is COc1cccc(-c2nc(CC(=O)N[C@@H](C(=O)O)c3ccccc3)cs2)c1. The van der Waals surface area contributed by atoms with Gasteiger partial charge in [0.05, 0.1) is 19.2 Å². The lowest BCUT2D eigenvalue weighted by Gasteiger charge is -2.14. The minimum atomic E-state index is -1.11. The van der Waals surface area contributed by atoms with E-state index in [4.69, 9.17) is 4.74 Å². The zero-order chi connectivity index (χ0) is 19.2. The lowest BCUT2D eigenvalue weighted by Crippen LogP contribution is -2.34. The van der Waals surface area contributed by atoms with E-state index in [1.807, 2.05) is 24.3 Å². The molecule has 0 saturated heterocycles. The van der Waals surface area contributed by atoms with E-state index in [9.17, 15) is 14.7 Å². The number of aliphatic carboxylic acids is 1. The molecule has 0 bridgehead atoms. The van der Waals surface area contributed by atoms with E-state index in [2.05, 4.69) is 10.3 Å². The number of carboxylic acid groups (broad SMARTS) is 1. The Morgan fingerprint density at radius 3 is 2.67 bits per heavy atom. The van der Waals surface area contributed by atoms with E-state index >= 15 is 0 Å². The van der Waals surface area contributed by atoms with Crippen molar-refractivity contribution in [2.24, 2.45) is 0 Å². The number of thiazole rings is 1. The van der Waals surface area contributed by atoms with E-state index < -0.39 is 17.9 Å². The van der Waals surface area contributed by atoms with Crippen LogP contribution >= 0.6 is 11.3 Å². The molecule has 2 aromatic carbocycles. The summed E-state index contributed by atoms with van der Waals surface area (Å²) in [5.74, 6) is -0.771. The largest absolute Gasteiger partial charge is 0.497 e. The maximum atomic E-state index is 12.3. The van der Waals surface area contributed by atoms with Crippen LogP contribution in [0.1, 0.15) is 17.3 Å². The van der Waals surface area contributed by atoms with Crippen molar-refractivity contribution in [3.05, 3.63) is 71.2 Å². The third-order valence-corrected chi connectivity index (χ3v) is 4.84. The first-order chi connectivity index (χ1) is 13.1. The number of hydrogen-bond donors (Lipinski definition) is 2. The van der Waals surface area contributed by atoms with E-state index in [1.54, 1.807) is 42.8 Å². The number of nitrogens with zero attached hydrogens (tertiary/aromatic N) is 1. The third kappa shape index (κ3) is 4.71. The van der Waals surface area contributed by atoms with E-state index in [0.29, 0.717) is 11.3 Å². The molecule has 138 valence electrons. The maximum Gasteiger partial charge on any atom is 0.330 e. The molecule has 2 N–H and O–H groups in total. The number of rotatable bonds is 7. The number of nitrogens with one attached hydrogen (secondary N) is 1. The summed E-state index contributed by atoms with van der Waals surface area (Å²) in [7, 11) is 1.60. The van der Waals surface area contributed by atoms with Crippen molar-refractivity contribution in [3.8, 4) is 16.3 Å². The molecule has 0 aliphatic heterocycles. The molecule has 0 aliphatic rings. The molecule has 1 heterocycles. The molecule has 3 aromatic rings. The Hall–Kier alpha value is -3.19. The Morgan fingerprint density at radius 2 is 1.96 bits per heavy atom. The normalized spacial score (nSPS) is 11.6. The Kier molecular flexibility index (Phi) is 5.83. The summed E-state index contributed by atoms with van der Waals surface area (Å²) in [5, 5.41) is 14.5. The fourth-order valence-electron chi connectivity index (χ4n) is 2.59. The second kappa shape index (κ2) is 8.46. The highest BCUT2D eigenvalue weighted by Gasteiger charge is 2.22. The molecule has 0 saturated carbocycles. The molecule has 0 spiro atoms. The van der Waals surface area contributed by atoms with Gasteiger partial charge in [0.2, 0.25) is 5.91 Å². The van der Waals surface area contributed by atoms with Crippen LogP contribution in [0.15, 0.2) is 60.0 Å². The fraction of sp³-hybridized carbons (Fsp3) is 0.150. The minimum absolute atomic E-state index is 0.0110. The second-order valence-electron chi connectivity index (χ2n) is 5.80. The number of amides is 1. The number of carbonyl (C=O) groups is 2. The predicted molar refractivity (Wildman–Crippen MR) is 103 cm³/mol. The third-order valence-electron chi connectivity index (χ3n) is 3.90. The molecule has 0 fully saturated rings. The van der Waals surface area contributed by atoms with Crippen molar-refractivity contribution in [2.45, 2.75) is 12.5 Å². The van der Waals surface area contributed by atoms with Crippen LogP contribution in [0.25, 0.3) is 10.6 Å². The van der Waals surface area contributed by atoms with E-state index in [-0.39, 0.29) is 6.42 Å². The molecule has 7 heteroatoms. The first kappa shape index (κ1) is 18.6. The molecule has 1 aromatic heterocycles. The van der Waals surface area contributed by atoms with E-state index in [0.717, 1.165) is 16.3 Å². The van der Waals surface area contributed by atoms with Crippen LogP contribution in [0.3, 0.4) is 0 Å². The van der Waals surface area contributed by atoms with Gasteiger partial charge in [0.1, 0.15) is 10.8 Å². The van der Waals surface area contributed by atoms with Gasteiger partial charge in [-0.1, -0.05) is 42.5 Å². The quantitative estimate of drug-likeness (QED) is 0.654. The van der Waals surface area contributed by atoms with Crippen molar-refractivity contribution >= 4 is 23.2 Å². The standard InChI is InChI=1S/C20H18N2O4S/c1-26-16-9-5-8-14(10-16)19-21-15(12-27-19)11-17(23)22-18(20(24)25)13-6-3-2-4-7-13/h2-10,12,18H,11H2,1H3,(H,22,23)(H,24,25)/t18-/m1/s1. The van der Waals surface area contributed by atoms with Gasteiger partial charge in [0.25, 0.3) is 0 Å². The molecule has 1 amide bonds. The predicted octanol–water partition coefficient (Wildman–Crippen LogP) is 3.30. The van der Waals surface area contributed by atoms with Crippen molar-refractivity contribution in [2.75, 3.05) is 7.11 Å². The summed E-state index contributed by atoms with van der Waals surface area (Å²) in [6.07, 6.45) is 0.0110. The number of methoxy groups -OCH3 is 1. The zero-order valence-electron chi connectivity index (χ0n) is 14.6. The minimum Gasteiger partial charge on any atom is -0.497 e. The van der Waals surface area contributed by atoms with Gasteiger partial charge in [-0.2, -0.15) is 0 Å². The van der Waals surface area contributed by atoms with Gasteiger partial charge in [-0.15, -0.1) is 11.3 Å². The number of carboxylic acids is 1. The Morgan fingerprint density at radius 1 is 1.19 bits per heavy atom. The average molecular weight is 382 g/mol. The van der Waals surface area contributed by atoms with Crippen LogP contribution in [0.5, 0.6) is 5.75 Å². The lowest BCUT2D eigenvalue weighted by molar-refractivity contribution is -0.142. The second-order valence-corrected chi connectivity index (χ2v) is 6.66. The summed E-state index contributed by atoms with van der Waals surface area (Å²) < 4.78 is 5.21.